The molecule has 0 aliphatic rings. The van der Waals surface area contributed by atoms with Crippen molar-refractivity contribution in [2.45, 2.75) is 12.6 Å². The molecular weight excluding hydrogens is 428 g/mol. The number of aliphatic carboxylic acids is 1. The minimum atomic E-state index is -0.896. The highest BCUT2D eigenvalue weighted by Gasteiger charge is 2.21. The van der Waals surface area contributed by atoms with Crippen LogP contribution in [0, 0.1) is 0 Å². The highest BCUT2D eigenvalue weighted by molar-refractivity contribution is 7.21. The number of likely N-dealkylation sites (N-methyl/N-ethyl adjacent to an activating group) is 1. The summed E-state index contributed by atoms with van der Waals surface area (Å²) in [5.41, 5.74) is 15.6. The van der Waals surface area contributed by atoms with Gasteiger partial charge in [-0.2, -0.15) is 5.10 Å². The molecule has 10 heteroatoms. The van der Waals surface area contributed by atoms with Crippen LogP contribution in [-0.2, 0) is 11.3 Å². The van der Waals surface area contributed by atoms with Gasteiger partial charge in [0.15, 0.2) is 0 Å². The third-order valence-corrected chi connectivity index (χ3v) is 6.41. The number of primary amides is 1. The molecule has 0 fully saturated rings. The fourth-order valence-electron chi connectivity index (χ4n) is 3.56. The van der Waals surface area contributed by atoms with Crippen molar-refractivity contribution in [1.82, 2.24) is 19.7 Å². The van der Waals surface area contributed by atoms with Crippen molar-refractivity contribution in [2.75, 3.05) is 19.8 Å². The van der Waals surface area contributed by atoms with Crippen LogP contribution in [0.3, 0.4) is 0 Å². The summed E-state index contributed by atoms with van der Waals surface area (Å²) in [6.07, 6.45) is 5.22. The molecule has 0 saturated carbocycles. The lowest BCUT2D eigenvalue weighted by molar-refractivity contribution is -0.142. The van der Waals surface area contributed by atoms with Gasteiger partial charge in [-0.05, 0) is 36.9 Å². The lowest BCUT2D eigenvalue weighted by atomic mass is 10.00. The molecule has 1 unspecified atom stereocenters. The van der Waals surface area contributed by atoms with Gasteiger partial charge in [0.05, 0.1) is 18.4 Å². The SMILES string of the molecule is CN(C)C(Cn1cc(-c2ccc(-c3ccnc4sc(C(N)=O)c(N)c34)cc2)cn1)C(=O)O. The van der Waals surface area contributed by atoms with Crippen LogP contribution in [0.15, 0.2) is 48.9 Å². The summed E-state index contributed by atoms with van der Waals surface area (Å²) < 4.78 is 1.63. The zero-order valence-electron chi connectivity index (χ0n) is 17.5. The number of aromatic nitrogens is 3. The molecule has 3 aromatic heterocycles. The minimum Gasteiger partial charge on any atom is -0.480 e. The number of rotatable bonds is 7. The van der Waals surface area contributed by atoms with Crippen molar-refractivity contribution >= 4 is 39.1 Å². The van der Waals surface area contributed by atoms with Gasteiger partial charge in [-0.25, -0.2) is 4.98 Å². The number of hydrogen-bond acceptors (Lipinski definition) is 7. The first kappa shape index (κ1) is 21.5. The minimum absolute atomic E-state index is 0.245. The normalized spacial score (nSPS) is 12.3. The number of carboxylic acids is 1. The van der Waals surface area contributed by atoms with E-state index in [2.05, 4.69) is 10.1 Å². The lowest BCUT2D eigenvalue weighted by Crippen LogP contribution is -2.39. The number of anilines is 1. The molecule has 4 aromatic rings. The van der Waals surface area contributed by atoms with Crippen LogP contribution in [0.1, 0.15) is 9.67 Å². The van der Waals surface area contributed by atoms with Crippen molar-refractivity contribution in [2.24, 2.45) is 5.73 Å². The van der Waals surface area contributed by atoms with Crippen molar-refractivity contribution in [3.8, 4) is 22.3 Å². The lowest BCUT2D eigenvalue weighted by Gasteiger charge is -2.19. The van der Waals surface area contributed by atoms with Crippen molar-refractivity contribution < 1.29 is 14.7 Å². The van der Waals surface area contributed by atoms with E-state index in [1.165, 1.54) is 11.3 Å². The third kappa shape index (κ3) is 3.93. The van der Waals surface area contributed by atoms with Gasteiger partial charge in [0.25, 0.3) is 5.91 Å². The van der Waals surface area contributed by atoms with E-state index in [9.17, 15) is 14.7 Å². The standard InChI is InChI=1S/C22H22N6O3S/c1-27(2)16(22(30)31)11-28-10-14(9-26-28)12-3-5-13(6-4-12)15-7-8-25-21-17(15)18(23)19(32-21)20(24)29/h3-10,16H,11,23H2,1-2H3,(H2,24,29)(H,30,31). The molecule has 9 nitrogen and oxygen atoms in total. The van der Waals surface area contributed by atoms with Crippen LogP contribution in [-0.4, -0.2) is 56.8 Å². The second-order valence-corrected chi connectivity index (χ2v) is 8.59. The summed E-state index contributed by atoms with van der Waals surface area (Å²) in [4.78, 5) is 30.0. The summed E-state index contributed by atoms with van der Waals surface area (Å²) in [6, 6.07) is 9.03. The van der Waals surface area contributed by atoms with Crippen LogP contribution in [0.4, 0.5) is 5.69 Å². The number of thiophene rings is 1. The Morgan fingerprint density at radius 2 is 1.84 bits per heavy atom. The number of fused-ring (bicyclic) bond motifs is 1. The third-order valence-electron chi connectivity index (χ3n) is 5.28. The molecule has 3 heterocycles. The number of nitrogen functional groups attached to an aromatic ring is 1. The van der Waals surface area contributed by atoms with E-state index >= 15 is 0 Å². The fourth-order valence-corrected chi connectivity index (χ4v) is 4.50. The Morgan fingerprint density at radius 1 is 1.16 bits per heavy atom. The van der Waals surface area contributed by atoms with Crippen LogP contribution >= 0.6 is 11.3 Å². The molecule has 0 aliphatic heterocycles. The maximum absolute atomic E-state index is 11.7. The average Bonchev–Trinajstić information content (AvgIpc) is 3.36. The number of hydrogen-bond donors (Lipinski definition) is 3. The quantitative estimate of drug-likeness (QED) is 0.393. The molecule has 0 bridgehead atoms. The Hall–Kier alpha value is -3.76. The highest BCUT2D eigenvalue weighted by Crippen LogP contribution is 2.39. The monoisotopic (exact) mass is 450 g/mol. The summed E-state index contributed by atoms with van der Waals surface area (Å²) in [6.45, 7) is 0.245. The van der Waals surface area contributed by atoms with E-state index in [0.29, 0.717) is 15.4 Å². The topological polar surface area (TPSA) is 140 Å². The van der Waals surface area contributed by atoms with Gasteiger partial charge < -0.3 is 16.6 Å². The molecule has 0 aliphatic carbocycles. The zero-order valence-corrected chi connectivity index (χ0v) is 18.3. The Labute approximate surface area is 187 Å². The predicted octanol–water partition coefficient (Wildman–Crippen LogP) is 2.52. The van der Waals surface area contributed by atoms with Gasteiger partial charge in [0.1, 0.15) is 15.7 Å². The molecule has 4 rings (SSSR count). The molecule has 0 radical (unpaired) electrons. The molecule has 0 saturated heterocycles. The van der Waals surface area contributed by atoms with Gasteiger partial charge in [-0.15, -0.1) is 11.3 Å². The van der Waals surface area contributed by atoms with Crippen LogP contribution < -0.4 is 11.5 Å². The van der Waals surface area contributed by atoms with Crippen molar-refractivity contribution in [3.05, 3.63) is 53.8 Å². The number of nitrogens with two attached hydrogens (primary N) is 2. The first-order valence-corrected chi connectivity index (χ1v) is 10.6. The van der Waals surface area contributed by atoms with Gasteiger partial charge in [-0.1, -0.05) is 24.3 Å². The fraction of sp³-hybridized carbons (Fsp3) is 0.182. The van der Waals surface area contributed by atoms with E-state index in [0.717, 1.165) is 27.6 Å². The number of pyridine rings is 1. The smallest absolute Gasteiger partial charge is 0.322 e. The molecule has 164 valence electrons. The van der Waals surface area contributed by atoms with Crippen LogP contribution in [0.2, 0.25) is 0 Å². The summed E-state index contributed by atoms with van der Waals surface area (Å²) in [5, 5.41) is 14.4. The van der Waals surface area contributed by atoms with E-state index in [1.807, 2.05) is 36.5 Å². The Balaban J connectivity index is 1.63. The van der Waals surface area contributed by atoms with E-state index in [1.54, 1.807) is 36.1 Å². The molecular formula is C22H22N6O3S. The van der Waals surface area contributed by atoms with Crippen LogP contribution in [0.5, 0.6) is 0 Å². The first-order chi connectivity index (χ1) is 15.3. The maximum atomic E-state index is 11.7. The van der Waals surface area contributed by atoms with Gasteiger partial charge in [0, 0.05) is 23.3 Å². The first-order valence-electron chi connectivity index (χ1n) is 9.75. The average molecular weight is 451 g/mol. The maximum Gasteiger partial charge on any atom is 0.322 e. The Morgan fingerprint density at radius 3 is 2.47 bits per heavy atom. The second-order valence-electron chi connectivity index (χ2n) is 7.59. The second kappa shape index (κ2) is 8.40. The number of amides is 1. The summed E-state index contributed by atoms with van der Waals surface area (Å²) >= 11 is 1.19. The Bertz CT molecular complexity index is 1310. The van der Waals surface area contributed by atoms with Crippen molar-refractivity contribution in [3.63, 3.8) is 0 Å². The summed E-state index contributed by atoms with van der Waals surface area (Å²) in [7, 11) is 3.45. The molecule has 1 amide bonds. The number of carbonyl (C=O) groups is 2. The number of carboxylic acid groups (broad SMARTS) is 1. The van der Waals surface area contributed by atoms with Gasteiger partial charge >= 0.3 is 5.97 Å². The highest BCUT2D eigenvalue weighted by atomic mass is 32.1. The molecule has 1 atom stereocenters. The number of benzene rings is 1. The van der Waals surface area contributed by atoms with Gasteiger partial charge in [-0.3, -0.25) is 19.2 Å². The van der Waals surface area contributed by atoms with E-state index in [4.69, 9.17) is 11.5 Å². The largest absolute Gasteiger partial charge is 0.480 e. The Kier molecular flexibility index (Phi) is 5.64. The molecule has 32 heavy (non-hydrogen) atoms. The molecule has 5 N–H and O–H groups in total. The van der Waals surface area contributed by atoms with Crippen LogP contribution in [0.25, 0.3) is 32.5 Å². The van der Waals surface area contributed by atoms with Gasteiger partial charge in [0.2, 0.25) is 0 Å². The zero-order chi connectivity index (χ0) is 23.0. The summed E-state index contributed by atoms with van der Waals surface area (Å²) in [5.74, 6) is -1.46. The number of carbonyl (C=O) groups excluding carboxylic acids is 1. The predicted molar refractivity (Wildman–Crippen MR) is 124 cm³/mol. The van der Waals surface area contributed by atoms with Crippen molar-refractivity contribution in [1.29, 1.82) is 0 Å². The van der Waals surface area contributed by atoms with E-state index < -0.39 is 17.9 Å². The molecule has 1 aromatic carbocycles. The molecule has 0 spiro atoms. The number of nitrogens with zero attached hydrogens (tertiary/aromatic N) is 4. The van der Waals surface area contributed by atoms with E-state index in [-0.39, 0.29) is 6.54 Å².